The van der Waals surface area contributed by atoms with Gasteiger partial charge < -0.3 is 5.32 Å². The molecule has 0 saturated carbocycles. The van der Waals surface area contributed by atoms with Gasteiger partial charge in [0, 0.05) is 6.42 Å². The molecule has 8 heteroatoms. The Morgan fingerprint density at radius 3 is 2.74 bits per heavy atom. The molecule has 1 aliphatic rings. The molecule has 2 N–H and O–H groups in total. The molecule has 0 radical (unpaired) electrons. The lowest BCUT2D eigenvalue weighted by molar-refractivity contribution is -0.134. The van der Waals surface area contributed by atoms with Crippen LogP contribution in [0, 0.1) is 0 Å². The number of imide groups is 1. The highest BCUT2D eigenvalue weighted by Crippen LogP contribution is 2.17. The van der Waals surface area contributed by atoms with Gasteiger partial charge in [0.15, 0.2) is 0 Å². The van der Waals surface area contributed by atoms with Crippen molar-refractivity contribution in [2.24, 2.45) is 0 Å². The van der Waals surface area contributed by atoms with E-state index in [9.17, 15) is 14.4 Å². The number of pyridine rings is 1. The summed E-state index contributed by atoms with van der Waals surface area (Å²) >= 11 is 11.4. The fraction of sp³-hybridized carbons (Fsp3) is 0.273. The smallest absolute Gasteiger partial charge is 0.255 e. The molecule has 0 bridgehead atoms. The Bertz CT molecular complexity index is 562. The summed E-state index contributed by atoms with van der Waals surface area (Å²) in [6.45, 7) is 0. The van der Waals surface area contributed by atoms with Crippen LogP contribution in [0.5, 0.6) is 0 Å². The fourth-order valence-corrected chi connectivity index (χ4v) is 2.08. The van der Waals surface area contributed by atoms with Gasteiger partial charge in [0.2, 0.25) is 11.8 Å². The summed E-state index contributed by atoms with van der Waals surface area (Å²) in [7, 11) is 0. The summed E-state index contributed by atoms with van der Waals surface area (Å²) in [6, 6.07) is 2.09. The predicted octanol–water partition coefficient (Wildman–Crippen LogP) is 0.923. The van der Waals surface area contributed by atoms with Gasteiger partial charge in [0.05, 0.1) is 5.56 Å². The average Bonchev–Trinajstić information content (AvgIpc) is 2.32. The summed E-state index contributed by atoms with van der Waals surface area (Å²) in [5.74, 6) is -1.41. The number of nitrogens with zero attached hydrogens (tertiary/aromatic N) is 1. The first-order valence-corrected chi connectivity index (χ1v) is 6.19. The number of hydrogen-bond acceptors (Lipinski definition) is 4. The minimum absolute atomic E-state index is 0.0442. The van der Waals surface area contributed by atoms with E-state index in [-0.39, 0.29) is 34.6 Å². The Labute approximate surface area is 118 Å². The largest absolute Gasteiger partial charge is 0.340 e. The second-order valence-corrected chi connectivity index (χ2v) is 4.69. The molecular formula is C11H9Cl2N3O3. The minimum atomic E-state index is -0.753. The monoisotopic (exact) mass is 301 g/mol. The molecule has 1 aliphatic heterocycles. The second-order valence-electron chi connectivity index (χ2n) is 3.95. The van der Waals surface area contributed by atoms with Gasteiger partial charge in [-0.05, 0) is 18.6 Å². The molecule has 1 atom stereocenters. The zero-order valence-electron chi connectivity index (χ0n) is 9.57. The van der Waals surface area contributed by atoms with Crippen LogP contribution in [0.25, 0.3) is 0 Å². The Kier molecular flexibility index (Phi) is 4.01. The molecule has 1 aromatic heterocycles. The Hall–Kier alpha value is -1.66. The van der Waals surface area contributed by atoms with Gasteiger partial charge in [-0.3, -0.25) is 19.7 Å². The number of amides is 3. The van der Waals surface area contributed by atoms with E-state index in [1.54, 1.807) is 0 Å². The van der Waals surface area contributed by atoms with E-state index in [4.69, 9.17) is 23.2 Å². The van der Waals surface area contributed by atoms with Crippen LogP contribution in [-0.2, 0) is 9.59 Å². The van der Waals surface area contributed by atoms with Crippen molar-refractivity contribution in [3.05, 3.63) is 28.0 Å². The van der Waals surface area contributed by atoms with Crippen molar-refractivity contribution in [2.75, 3.05) is 0 Å². The van der Waals surface area contributed by atoms with E-state index in [0.717, 1.165) is 0 Å². The van der Waals surface area contributed by atoms with Crippen LogP contribution in [0.1, 0.15) is 23.2 Å². The number of aromatic nitrogens is 1. The number of carbonyl (C=O) groups excluding carboxylic acids is 3. The van der Waals surface area contributed by atoms with Gasteiger partial charge in [-0.15, -0.1) is 0 Å². The minimum Gasteiger partial charge on any atom is -0.340 e. The summed E-state index contributed by atoms with van der Waals surface area (Å²) in [4.78, 5) is 38.1. The SMILES string of the molecule is O=C1CCC(NC(=O)c2ccc(Cl)nc2Cl)C(=O)N1. The van der Waals surface area contributed by atoms with E-state index in [0.29, 0.717) is 0 Å². The Morgan fingerprint density at radius 2 is 2.11 bits per heavy atom. The molecule has 1 fully saturated rings. The molecule has 19 heavy (non-hydrogen) atoms. The molecule has 1 aromatic rings. The van der Waals surface area contributed by atoms with Gasteiger partial charge in [-0.1, -0.05) is 23.2 Å². The summed E-state index contributed by atoms with van der Waals surface area (Å²) in [5, 5.41) is 4.77. The lowest BCUT2D eigenvalue weighted by Gasteiger charge is -2.21. The zero-order chi connectivity index (χ0) is 14.0. The highest BCUT2D eigenvalue weighted by atomic mass is 35.5. The highest BCUT2D eigenvalue weighted by molar-refractivity contribution is 6.34. The first kappa shape index (κ1) is 13.8. The van der Waals surface area contributed by atoms with Crippen LogP contribution >= 0.6 is 23.2 Å². The highest BCUT2D eigenvalue weighted by Gasteiger charge is 2.28. The molecule has 100 valence electrons. The number of halogens is 2. The van der Waals surface area contributed by atoms with Crippen molar-refractivity contribution in [1.82, 2.24) is 15.6 Å². The molecule has 2 rings (SSSR count). The van der Waals surface area contributed by atoms with Gasteiger partial charge >= 0.3 is 0 Å². The second kappa shape index (κ2) is 5.54. The van der Waals surface area contributed by atoms with Crippen LogP contribution in [0.3, 0.4) is 0 Å². The molecule has 0 spiro atoms. The maximum Gasteiger partial charge on any atom is 0.255 e. The van der Waals surface area contributed by atoms with Crippen molar-refractivity contribution >= 4 is 40.9 Å². The topological polar surface area (TPSA) is 88.2 Å². The maximum atomic E-state index is 11.9. The van der Waals surface area contributed by atoms with Crippen LogP contribution < -0.4 is 10.6 Å². The van der Waals surface area contributed by atoms with Crippen molar-refractivity contribution < 1.29 is 14.4 Å². The molecule has 3 amide bonds. The van der Waals surface area contributed by atoms with Crippen LogP contribution in [0.4, 0.5) is 0 Å². The van der Waals surface area contributed by atoms with E-state index in [1.807, 2.05) is 0 Å². The standard InChI is InChI=1S/C11H9Cl2N3O3/c12-7-3-1-5(9(13)15-7)10(18)14-6-2-4-8(17)16-11(6)19/h1,3,6H,2,4H2,(H,14,18)(H,16,17,19). The third-order valence-electron chi connectivity index (χ3n) is 2.60. The first-order chi connectivity index (χ1) is 8.97. The van der Waals surface area contributed by atoms with Crippen molar-refractivity contribution in [3.63, 3.8) is 0 Å². The fourth-order valence-electron chi connectivity index (χ4n) is 1.65. The number of piperidine rings is 1. The Morgan fingerprint density at radius 1 is 1.37 bits per heavy atom. The molecule has 1 unspecified atom stereocenters. The number of carbonyl (C=O) groups is 3. The normalized spacial score (nSPS) is 18.9. The lowest BCUT2D eigenvalue weighted by atomic mass is 10.1. The molecule has 2 heterocycles. The summed E-state index contributed by atoms with van der Waals surface area (Å²) in [5.41, 5.74) is 0.121. The van der Waals surface area contributed by atoms with E-state index in [2.05, 4.69) is 15.6 Å². The number of hydrogen-bond donors (Lipinski definition) is 2. The van der Waals surface area contributed by atoms with Crippen LogP contribution in [0.15, 0.2) is 12.1 Å². The van der Waals surface area contributed by atoms with Crippen molar-refractivity contribution in [2.45, 2.75) is 18.9 Å². The quantitative estimate of drug-likeness (QED) is 0.628. The maximum absolute atomic E-state index is 11.9. The van der Waals surface area contributed by atoms with Crippen molar-refractivity contribution in [1.29, 1.82) is 0 Å². The first-order valence-electron chi connectivity index (χ1n) is 5.44. The van der Waals surface area contributed by atoms with Crippen LogP contribution in [-0.4, -0.2) is 28.7 Å². The van der Waals surface area contributed by atoms with Gasteiger partial charge in [0.1, 0.15) is 16.3 Å². The van der Waals surface area contributed by atoms with E-state index in [1.165, 1.54) is 12.1 Å². The Balaban J connectivity index is 2.09. The zero-order valence-corrected chi connectivity index (χ0v) is 11.1. The van der Waals surface area contributed by atoms with Crippen LogP contribution in [0.2, 0.25) is 10.3 Å². The molecule has 0 aliphatic carbocycles. The predicted molar refractivity (Wildman–Crippen MR) is 67.9 cm³/mol. The number of rotatable bonds is 2. The molecule has 0 aromatic carbocycles. The van der Waals surface area contributed by atoms with Crippen molar-refractivity contribution in [3.8, 4) is 0 Å². The van der Waals surface area contributed by atoms with Gasteiger partial charge in [0.25, 0.3) is 5.91 Å². The van der Waals surface area contributed by atoms with E-state index < -0.39 is 17.9 Å². The van der Waals surface area contributed by atoms with E-state index >= 15 is 0 Å². The molecule has 1 saturated heterocycles. The summed E-state index contributed by atoms with van der Waals surface area (Å²) < 4.78 is 0. The van der Waals surface area contributed by atoms with Gasteiger partial charge in [-0.25, -0.2) is 4.98 Å². The average molecular weight is 302 g/mol. The molecular weight excluding hydrogens is 293 g/mol. The lowest BCUT2D eigenvalue weighted by Crippen LogP contribution is -2.52. The third-order valence-corrected chi connectivity index (χ3v) is 3.10. The van der Waals surface area contributed by atoms with Gasteiger partial charge in [-0.2, -0.15) is 0 Å². The number of nitrogens with one attached hydrogen (secondary N) is 2. The molecule has 6 nitrogen and oxygen atoms in total. The third kappa shape index (κ3) is 3.21. The summed E-state index contributed by atoms with van der Waals surface area (Å²) in [6.07, 6.45) is 0.443.